The number of nitrogens with one attached hydrogen (secondary N) is 1. The van der Waals surface area contributed by atoms with Crippen molar-refractivity contribution in [1.29, 1.82) is 0 Å². The molecule has 1 N–H and O–H groups in total. The molecule has 0 radical (unpaired) electrons. The molecule has 0 saturated carbocycles. The van der Waals surface area contributed by atoms with Gasteiger partial charge in [0.2, 0.25) is 0 Å². The molecule has 3 aromatic rings. The van der Waals surface area contributed by atoms with Crippen molar-refractivity contribution in [1.82, 2.24) is 5.32 Å². The molecule has 1 aliphatic carbocycles. The zero-order chi connectivity index (χ0) is 21.3. The monoisotopic (exact) mass is 406 g/mol. The van der Waals surface area contributed by atoms with Crippen molar-refractivity contribution < 1.29 is 23.8 Å². The van der Waals surface area contributed by atoms with Gasteiger partial charge in [-0.3, -0.25) is 4.79 Å². The van der Waals surface area contributed by atoms with E-state index in [4.69, 9.17) is 9.15 Å². The highest BCUT2D eigenvalue weighted by atomic mass is 16.5. The topological polar surface area (TPSA) is 109 Å². The van der Waals surface area contributed by atoms with Gasteiger partial charge in [-0.15, -0.1) is 0 Å². The van der Waals surface area contributed by atoms with Gasteiger partial charge in [-0.1, -0.05) is 30.3 Å². The lowest BCUT2D eigenvalue weighted by atomic mass is 10.0. The molecule has 1 aromatic heterocycles. The van der Waals surface area contributed by atoms with E-state index in [0.717, 1.165) is 35.8 Å². The van der Waals surface area contributed by atoms with Crippen LogP contribution in [-0.4, -0.2) is 18.5 Å². The number of ether oxygens (including phenoxy) is 1. The summed E-state index contributed by atoms with van der Waals surface area (Å²) in [5.41, 5.74) is 2.91. The minimum Gasteiger partial charge on any atom is -0.548 e. The fourth-order valence-electron chi connectivity index (χ4n) is 3.89. The van der Waals surface area contributed by atoms with Crippen molar-refractivity contribution >= 4 is 22.8 Å². The Hall–Kier alpha value is -3.61. The smallest absolute Gasteiger partial charge is 0.339 e. The van der Waals surface area contributed by atoms with E-state index in [-0.39, 0.29) is 5.63 Å². The van der Waals surface area contributed by atoms with Gasteiger partial charge in [-0.2, -0.15) is 0 Å². The predicted molar refractivity (Wildman–Crippen MR) is 107 cm³/mol. The first-order valence-corrected chi connectivity index (χ1v) is 9.72. The third-order valence-corrected chi connectivity index (χ3v) is 5.37. The summed E-state index contributed by atoms with van der Waals surface area (Å²) in [5, 5.41) is 14.7. The third-order valence-electron chi connectivity index (χ3n) is 5.37. The second-order valence-corrected chi connectivity index (χ2v) is 7.28. The number of hydrogen-bond acceptors (Lipinski definition) is 6. The number of hydrogen-bond donors (Lipinski definition) is 1. The van der Waals surface area contributed by atoms with E-state index in [2.05, 4.69) is 5.32 Å². The van der Waals surface area contributed by atoms with Gasteiger partial charge >= 0.3 is 5.63 Å². The van der Waals surface area contributed by atoms with Crippen molar-refractivity contribution in [2.45, 2.75) is 32.2 Å². The van der Waals surface area contributed by atoms with Gasteiger partial charge in [-0.25, -0.2) is 4.79 Å². The van der Waals surface area contributed by atoms with Crippen LogP contribution in [-0.2, 0) is 22.4 Å². The number of benzene rings is 2. The number of carboxylic acids is 1. The van der Waals surface area contributed by atoms with Gasteiger partial charge in [0.15, 0.2) is 6.61 Å². The van der Waals surface area contributed by atoms with E-state index in [9.17, 15) is 19.5 Å². The first kappa shape index (κ1) is 19.7. The molecule has 0 spiro atoms. The van der Waals surface area contributed by atoms with Crippen molar-refractivity contribution in [3.8, 4) is 5.75 Å². The van der Waals surface area contributed by atoms with Gasteiger partial charge in [0, 0.05) is 16.5 Å². The number of amides is 1. The van der Waals surface area contributed by atoms with Crippen LogP contribution in [0.5, 0.6) is 5.75 Å². The standard InChI is InChI=1S/C23H21NO6/c1-13-18(11-10-16-15-8-5-9-17(15)23(28)30-21(13)16)29-12-19(25)24-20(22(26)27)14-6-3-2-4-7-14/h2-4,6-7,10-11,20H,5,8-9,12H2,1H3,(H,24,25)(H,26,27)/p-1/t20-/m0/s1. The first-order valence-electron chi connectivity index (χ1n) is 9.72. The predicted octanol–water partition coefficient (Wildman–Crippen LogP) is 1.58. The maximum atomic E-state index is 12.3. The molecule has 4 rings (SSSR count). The lowest BCUT2D eigenvalue weighted by Crippen LogP contribution is -2.43. The number of aryl methyl sites for hydroxylation is 2. The molecule has 1 atom stereocenters. The van der Waals surface area contributed by atoms with E-state index >= 15 is 0 Å². The van der Waals surface area contributed by atoms with Crippen LogP contribution in [0.3, 0.4) is 0 Å². The average molecular weight is 406 g/mol. The molecule has 0 aliphatic heterocycles. The summed E-state index contributed by atoms with van der Waals surface area (Å²) in [4.78, 5) is 36.0. The van der Waals surface area contributed by atoms with Gasteiger partial charge in [0.25, 0.3) is 5.91 Å². The quantitative estimate of drug-likeness (QED) is 0.623. The van der Waals surface area contributed by atoms with E-state index in [1.165, 1.54) is 0 Å². The molecule has 0 unspecified atom stereocenters. The number of fused-ring (bicyclic) bond motifs is 3. The molecule has 0 bridgehead atoms. The van der Waals surface area contributed by atoms with Crippen LogP contribution in [0.25, 0.3) is 11.0 Å². The normalized spacial score (nSPS) is 13.6. The molecule has 2 aromatic carbocycles. The maximum Gasteiger partial charge on any atom is 0.339 e. The van der Waals surface area contributed by atoms with E-state index < -0.39 is 24.5 Å². The molecule has 154 valence electrons. The SMILES string of the molecule is Cc1c(OCC(=O)N[C@H](C(=O)[O-])c2ccccc2)ccc2c3c(c(=O)oc12)CCC3. The lowest BCUT2D eigenvalue weighted by Gasteiger charge is -2.20. The molecule has 0 fully saturated rings. The largest absolute Gasteiger partial charge is 0.548 e. The van der Waals surface area contributed by atoms with Crippen LogP contribution in [0.15, 0.2) is 51.7 Å². The Balaban J connectivity index is 1.51. The molecule has 1 aliphatic rings. The van der Waals surface area contributed by atoms with Crippen LogP contribution in [0, 0.1) is 6.92 Å². The molecule has 1 heterocycles. The van der Waals surface area contributed by atoms with Gasteiger partial charge in [0.1, 0.15) is 11.3 Å². The zero-order valence-electron chi connectivity index (χ0n) is 16.4. The summed E-state index contributed by atoms with van der Waals surface area (Å²) >= 11 is 0. The number of carbonyl (C=O) groups excluding carboxylic acids is 2. The van der Waals surface area contributed by atoms with Crippen LogP contribution < -0.4 is 20.8 Å². The molecule has 7 nitrogen and oxygen atoms in total. The van der Waals surface area contributed by atoms with Gasteiger partial charge < -0.3 is 24.4 Å². The molecule has 1 amide bonds. The van der Waals surface area contributed by atoms with Crippen molar-refractivity contribution in [3.05, 3.63) is 75.1 Å². The minimum atomic E-state index is -1.41. The lowest BCUT2D eigenvalue weighted by molar-refractivity contribution is -0.308. The molecule has 30 heavy (non-hydrogen) atoms. The third kappa shape index (κ3) is 3.66. The number of rotatable bonds is 6. The van der Waals surface area contributed by atoms with E-state index in [1.54, 1.807) is 43.3 Å². The van der Waals surface area contributed by atoms with Gasteiger partial charge in [0.05, 0.1) is 12.0 Å². The highest BCUT2D eigenvalue weighted by molar-refractivity contribution is 5.87. The van der Waals surface area contributed by atoms with Crippen molar-refractivity contribution in [2.75, 3.05) is 6.61 Å². The number of aliphatic carboxylic acids is 1. The second-order valence-electron chi connectivity index (χ2n) is 7.28. The fourth-order valence-corrected chi connectivity index (χ4v) is 3.89. The zero-order valence-corrected chi connectivity index (χ0v) is 16.4. The molecule has 7 heteroatoms. The minimum absolute atomic E-state index is 0.326. The Morgan fingerprint density at radius 2 is 1.87 bits per heavy atom. The van der Waals surface area contributed by atoms with Crippen LogP contribution in [0.4, 0.5) is 0 Å². The Bertz CT molecular complexity index is 1180. The van der Waals surface area contributed by atoms with Crippen LogP contribution >= 0.6 is 0 Å². The summed E-state index contributed by atoms with van der Waals surface area (Å²) in [6.45, 7) is 1.37. The van der Waals surface area contributed by atoms with E-state index in [1.807, 2.05) is 6.07 Å². The molecular weight excluding hydrogens is 386 g/mol. The highest BCUT2D eigenvalue weighted by Crippen LogP contribution is 2.33. The molecular formula is C23H20NO6-. The second kappa shape index (κ2) is 8.02. The van der Waals surface area contributed by atoms with Crippen molar-refractivity contribution in [2.24, 2.45) is 0 Å². The summed E-state index contributed by atoms with van der Waals surface area (Å²) in [6.07, 6.45) is 2.49. The van der Waals surface area contributed by atoms with E-state index in [0.29, 0.717) is 22.5 Å². The maximum absolute atomic E-state index is 12.3. The Morgan fingerprint density at radius 1 is 1.13 bits per heavy atom. The summed E-state index contributed by atoms with van der Waals surface area (Å²) in [7, 11) is 0. The highest BCUT2D eigenvalue weighted by Gasteiger charge is 2.22. The number of carbonyl (C=O) groups is 2. The summed E-state index contributed by atoms with van der Waals surface area (Å²) < 4.78 is 11.1. The first-order chi connectivity index (χ1) is 14.5. The number of carboxylic acid groups (broad SMARTS) is 1. The van der Waals surface area contributed by atoms with Crippen LogP contribution in [0.2, 0.25) is 0 Å². The Kier molecular flexibility index (Phi) is 5.27. The summed E-state index contributed by atoms with van der Waals surface area (Å²) in [6, 6.07) is 10.6. The van der Waals surface area contributed by atoms with Gasteiger partial charge in [-0.05, 0) is 49.4 Å². The Morgan fingerprint density at radius 3 is 2.60 bits per heavy atom. The van der Waals surface area contributed by atoms with Crippen LogP contribution in [0.1, 0.15) is 34.7 Å². The van der Waals surface area contributed by atoms with Crippen molar-refractivity contribution in [3.63, 3.8) is 0 Å². The Labute approximate surface area is 172 Å². The average Bonchev–Trinajstić information content (AvgIpc) is 3.23. The molecule has 0 saturated heterocycles. The summed E-state index contributed by atoms with van der Waals surface area (Å²) in [5.74, 6) is -1.63. The fraction of sp³-hybridized carbons (Fsp3) is 0.261.